The van der Waals surface area contributed by atoms with E-state index >= 15 is 0 Å². The van der Waals surface area contributed by atoms with Crippen LogP contribution in [-0.2, 0) is 4.79 Å². The fourth-order valence-electron chi connectivity index (χ4n) is 2.69. The molecule has 0 spiro atoms. The fraction of sp³-hybridized carbons (Fsp3) is 0.500. The van der Waals surface area contributed by atoms with Crippen molar-refractivity contribution in [2.75, 3.05) is 19.4 Å². The third-order valence-corrected chi connectivity index (χ3v) is 4.99. The molecule has 0 saturated heterocycles. The van der Waals surface area contributed by atoms with Crippen LogP contribution in [0.1, 0.15) is 26.7 Å². The lowest BCUT2D eigenvalue weighted by Crippen LogP contribution is -2.37. The average Bonchev–Trinajstić information content (AvgIpc) is 3.35. The predicted octanol–water partition coefficient (Wildman–Crippen LogP) is 3.02. The Kier molecular flexibility index (Phi) is 5.63. The van der Waals surface area contributed by atoms with Crippen molar-refractivity contribution in [2.45, 2.75) is 37.9 Å². The maximum atomic E-state index is 12.6. The Balaban J connectivity index is 1.65. The van der Waals surface area contributed by atoms with E-state index in [-0.39, 0.29) is 5.91 Å². The number of aromatic nitrogens is 3. The highest BCUT2D eigenvalue weighted by Crippen LogP contribution is 2.29. The molecule has 1 fully saturated rings. The van der Waals surface area contributed by atoms with Crippen molar-refractivity contribution in [3.63, 3.8) is 0 Å². The molecule has 0 N–H and O–H groups in total. The summed E-state index contributed by atoms with van der Waals surface area (Å²) in [7, 11) is 1.64. The van der Waals surface area contributed by atoms with Gasteiger partial charge < -0.3 is 9.64 Å². The van der Waals surface area contributed by atoms with Gasteiger partial charge in [-0.15, -0.1) is 10.2 Å². The van der Waals surface area contributed by atoms with Crippen molar-refractivity contribution < 1.29 is 9.53 Å². The molecule has 7 heteroatoms. The predicted molar refractivity (Wildman–Crippen MR) is 98.2 cm³/mol. The van der Waals surface area contributed by atoms with E-state index in [0.717, 1.165) is 36.0 Å². The number of carbonyl (C=O) groups excluding carboxylic acids is 1. The van der Waals surface area contributed by atoms with Gasteiger partial charge in [0.05, 0.1) is 12.9 Å². The number of nitrogens with zero attached hydrogens (tertiary/aromatic N) is 4. The van der Waals surface area contributed by atoms with E-state index in [1.807, 2.05) is 33.7 Å². The molecule has 1 aliphatic rings. The topological polar surface area (TPSA) is 60.2 Å². The third-order valence-electron chi connectivity index (χ3n) is 4.06. The van der Waals surface area contributed by atoms with E-state index in [1.54, 1.807) is 13.4 Å². The molecule has 1 aromatic carbocycles. The second-order valence-electron chi connectivity index (χ2n) is 6.64. The Morgan fingerprint density at radius 2 is 2.08 bits per heavy atom. The van der Waals surface area contributed by atoms with Crippen LogP contribution in [0.3, 0.4) is 0 Å². The SMILES string of the molecule is COc1ccc(-n2cnnc2SCC(=O)N(CC(C)C)C2CC2)cc1. The Morgan fingerprint density at radius 1 is 1.36 bits per heavy atom. The first-order valence-electron chi connectivity index (χ1n) is 8.55. The lowest BCUT2D eigenvalue weighted by atomic mass is 10.2. The number of hydrogen-bond acceptors (Lipinski definition) is 5. The summed E-state index contributed by atoms with van der Waals surface area (Å²) >= 11 is 1.43. The highest BCUT2D eigenvalue weighted by Gasteiger charge is 2.32. The van der Waals surface area contributed by atoms with Crippen molar-refractivity contribution in [1.82, 2.24) is 19.7 Å². The highest BCUT2D eigenvalue weighted by atomic mass is 32.2. The molecule has 0 atom stereocenters. The first-order valence-corrected chi connectivity index (χ1v) is 9.53. The monoisotopic (exact) mass is 360 g/mol. The van der Waals surface area contributed by atoms with Crippen LogP contribution in [0.2, 0.25) is 0 Å². The van der Waals surface area contributed by atoms with E-state index in [2.05, 4.69) is 24.0 Å². The number of benzene rings is 1. The minimum Gasteiger partial charge on any atom is -0.497 e. The maximum absolute atomic E-state index is 12.6. The molecule has 1 heterocycles. The number of ether oxygens (including phenoxy) is 1. The van der Waals surface area contributed by atoms with Gasteiger partial charge in [0.25, 0.3) is 0 Å². The van der Waals surface area contributed by atoms with Gasteiger partial charge in [-0.25, -0.2) is 0 Å². The largest absolute Gasteiger partial charge is 0.497 e. The molecule has 1 aliphatic carbocycles. The van der Waals surface area contributed by atoms with Crippen LogP contribution in [0.5, 0.6) is 5.75 Å². The number of methoxy groups -OCH3 is 1. The first kappa shape index (κ1) is 17.8. The molecule has 0 aliphatic heterocycles. The van der Waals surface area contributed by atoms with Crippen molar-refractivity contribution in [2.24, 2.45) is 5.92 Å². The smallest absolute Gasteiger partial charge is 0.233 e. The summed E-state index contributed by atoms with van der Waals surface area (Å²) in [6.45, 7) is 5.13. The molecule has 1 aromatic heterocycles. The van der Waals surface area contributed by atoms with Gasteiger partial charge in [-0.05, 0) is 43.0 Å². The summed E-state index contributed by atoms with van der Waals surface area (Å²) in [6.07, 6.45) is 3.93. The zero-order valence-electron chi connectivity index (χ0n) is 14.9. The van der Waals surface area contributed by atoms with Gasteiger partial charge in [0, 0.05) is 18.3 Å². The standard InChI is InChI=1S/C18H24N4O2S/c1-13(2)10-21(14-4-5-14)17(23)11-25-18-20-19-12-22(18)15-6-8-16(24-3)9-7-15/h6-9,12-14H,4-5,10-11H2,1-3H3. The Hall–Kier alpha value is -2.02. The summed E-state index contributed by atoms with van der Waals surface area (Å²) in [5.41, 5.74) is 0.946. The van der Waals surface area contributed by atoms with Crippen molar-refractivity contribution >= 4 is 17.7 Å². The molecule has 0 radical (unpaired) electrons. The van der Waals surface area contributed by atoms with E-state index in [0.29, 0.717) is 17.7 Å². The van der Waals surface area contributed by atoms with E-state index in [1.165, 1.54) is 11.8 Å². The Labute approximate surface area is 152 Å². The van der Waals surface area contributed by atoms with E-state index in [4.69, 9.17) is 4.74 Å². The summed E-state index contributed by atoms with van der Waals surface area (Å²) in [5.74, 6) is 1.86. The normalized spacial score (nSPS) is 13.9. The molecule has 1 amide bonds. The first-order chi connectivity index (χ1) is 12.1. The van der Waals surface area contributed by atoms with Crippen molar-refractivity contribution in [3.05, 3.63) is 30.6 Å². The number of amides is 1. The Bertz CT molecular complexity index is 710. The number of thioether (sulfide) groups is 1. The van der Waals surface area contributed by atoms with Crippen LogP contribution in [-0.4, -0.2) is 51.0 Å². The molecule has 6 nitrogen and oxygen atoms in total. The minimum absolute atomic E-state index is 0.186. The van der Waals surface area contributed by atoms with E-state index in [9.17, 15) is 4.79 Å². The summed E-state index contributed by atoms with van der Waals surface area (Å²) in [6, 6.07) is 8.13. The number of hydrogen-bond donors (Lipinski definition) is 0. The van der Waals surface area contributed by atoms with Crippen LogP contribution < -0.4 is 4.74 Å². The van der Waals surface area contributed by atoms with Crippen LogP contribution in [0.15, 0.2) is 35.7 Å². The van der Waals surface area contributed by atoms with Gasteiger partial charge >= 0.3 is 0 Å². The molecule has 0 bridgehead atoms. The van der Waals surface area contributed by atoms with Crippen LogP contribution in [0.4, 0.5) is 0 Å². The summed E-state index contributed by atoms with van der Waals surface area (Å²) in [4.78, 5) is 14.7. The maximum Gasteiger partial charge on any atom is 0.233 e. The lowest BCUT2D eigenvalue weighted by molar-refractivity contribution is -0.129. The fourth-order valence-corrected chi connectivity index (χ4v) is 3.50. The molecule has 25 heavy (non-hydrogen) atoms. The highest BCUT2D eigenvalue weighted by molar-refractivity contribution is 7.99. The Morgan fingerprint density at radius 3 is 2.68 bits per heavy atom. The van der Waals surface area contributed by atoms with Crippen LogP contribution in [0.25, 0.3) is 5.69 Å². The van der Waals surface area contributed by atoms with E-state index < -0.39 is 0 Å². The molecule has 3 rings (SSSR count). The van der Waals surface area contributed by atoms with Crippen molar-refractivity contribution in [3.8, 4) is 11.4 Å². The van der Waals surface area contributed by atoms with Gasteiger partial charge in [0.15, 0.2) is 5.16 Å². The lowest BCUT2D eigenvalue weighted by Gasteiger charge is -2.24. The van der Waals surface area contributed by atoms with Gasteiger partial charge in [0.2, 0.25) is 5.91 Å². The summed E-state index contributed by atoms with van der Waals surface area (Å²) < 4.78 is 7.08. The van der Waals surface area contributed by atoms with Crippen LogP contribution in [0, 0.1) is 5.92 Å². The minimum atomic E-state index is 0.186. The summed E-state index contributed by atoms with van der Waals surface area (Å²) in [5, 5.41) is 8.88. The molecular weight excluding hydrogens is 336 g/mol. The quantitative estimate of drug-likeness (QED) is 0.677. The van der Waals surface area contributed by atoms with Crippen molar-refractivity contribution in [1.29, 1.82) is 0 Å². The molecule has 0 unspecified atom stereocenters. The zero-order chi connectivity index (χ0) is 17.8. The molecule has 2 aromatic rings. The van der Waals surface area contributed by atoms with Gasteiger partial charge in [-0.1, -0.05) is 25.6 Å². The van der Waals surface area contributed by atoms with Gasteiger partial charge in [0.1, 0.15) is 12.1 Å². The average molecular weight is 360 g/mol. The molecular formula is C18H24N4O2S. The molecule has 1 saturated carbocycles. The second-order valence-corrected chi connectivity index (χ2v) is 7.58. The zero-order valence-corrected chi connectivity index (χ0v) is 15.7. The van der Waals surface area contributed by atoms with Gasteiger partial charge in [-0.3, -0.25) is 9.36 Å². The number of rotatable bonds is 8. The molecule has 134 valence electrons. The third kappa shape index (κ3) is 4.54. The number of carbonyl (C=O) groups is 1. The van der Waals surface area contributed by atoms with Gasteiger partial charge in [-0.2, -0.15) is 0 Å². The second kappa shape index (κ2) is 7.91. The van der Waals surface area contributed by atoms with Crippen LogP contribution >= 0.6 is 11.8 Å².